The maximum Gasteiger partial charge on any atom is 0.0230 e. The second-order valence-electron chi connectivity index (χ2n) is 6.21. The third-order valence-corrected chi connectivity index (χ3v) is 4.27. The van der Waals surface area contributed by atoms with Crippen LogP contribution in [0.3, 0.4) is 0 Å². The van der Waals surface area contributed by atoms with Crippen LogP contribution in [0.2, 0.25) is 0 Å². The molecule has 3 unspecified atom stereocenters. The third-order valence-electron chi connectivity index (χ3n) is 4.27. The van der Waals surface area contributed by atoms with Crippen molar-refractivity contribution in [3.05, 3.63) is 11.8 Å². The molecule has 1 nitrogen and oxygen atoms in total. The molecule has 1 aliphatic rings. The quantitative estimate of drug-likeness (QED) is 0.670. The summed E-state index contributed by atoms with van der Waals surface area (Å²) in [6.45, 7) is 15.3. The number of rotatable bonds is 5. The highest BCUT2D eigenvalue weighted by Gasteiger charge is 2.27. The predicted octanol–water partition coefficient (Wildman–Crippen LogP) is 4.69. The summed E-state index contributed by atoms with van der Waals surface area (Å²) < 4.78 is 0. The van der Waals surface area contributed by atoms with Crippen LogP contribution < -0.4 is 0 Å². The van der Waals surface area contributed by atoms with E-state index in [-0.39, 0.29) is 0 Å². The van der Waals surface area contributed by atoms with Gasteiger partial charge < -0.3 is 4.90 Å². The molecule has 0 aromatic heterocycles. The Hall–Kier alpha value is -0.460. The Morgan fingerprint density at radius 1 is 1.29 bits per heavy atom. The minimum atomic E-state index is 0.635. The van der Waals surface area contributed by atoms with Gasteiger partial charge in [0, 0.05) is 18.3 Å². The van der Waals surface area contributed by atoms with Crippen LogP contribution in [-0.2, 0) is 0 Å². The Labute approximate surface area is 108 Å². The molecule has 0 spiro atoms. The lowest BCUT2D eigenvalue weighted by atomic mass is 9.79. The third kappa shape index (κ3) is 3.76. The molecule has 0 N–H and O–H groups in total. The van der Waals surface area contributed by atoms with Gasteiger partial charge in [0.15, 0.2) is 0 Å². The predicted molar refractivity (Wildman–Crippen MR) is 76.9 cm³/mol. The van der Waals surface area contributed by atoms with Crippen molar-refractivity contribution in [1.29, 1.82) is 0 Å². The van der Waals surface area contributed by atoms with Crippen molar-refractivity contribution in [3.8, 4) is 0 Å². The fraction of sp³-hybridized carbons (Fsp3) is 0.875. The van der Waals surface area contributed by atoms with Gasteiger partial charge in [-0.1, -0.05) is 40.2 Å². The summed E-state index contributed by atoms with van der Waals surface area (Å²) in [7, 11) is 0. The number of allylic oxidation sites excluding steroid dienone is 2. The van der Waals surface area contributed by atoms with Gasteiger partial charge in [-0.15, -0.1) is 0 Å². The van der Waals surface area contributed by atoms with Crippen molar-refractivity contribution >= 4 is 0 Å². The fourth-order valence-electron chi connectivity index (χ4n) is 2.88. The van der Waals surface area contributed by atoms with E-state index < -0.39 is 0 Å². The molecule has 0 aliphatic heterocycles. The number of unbranched alkanes of at least 4 members (excludes halogenated alkanes) is 1. The number of hydrogen-bond acceptors (Lipinski definition) is 1. The highest BCUT2D eigenvalue weighted by molar-refractivity contribution is 5.12. The summed E-state index contributed by atoms with van der Waals surface area (Å²) in [5.41, 5.74) is 1.61. The second-order valence-corrected chi connectivity index (χ2v) is 6.21. The van der Waals surface area contributed by atoms with Crippen LogP contribution in [-0.4, -0.2) is 17.5 Å². The molecule has 0 saturated heterocycles. The van der Waals surface area contributed by atoms with E-state index in [0.717, 1.165) is 17.8 Å². The van der Waals surface area contributed by atoms with Crippen molar-refractivity contribution in [3.63, 3.8) is 0 Å². The van der Waals surface area contributed by atoms with Crippen LogP contribution in [0, 0.1) is 17.8 Å². The molecule has 0 radical (unpaired) electrons. The van der Waals surface area contributed by atoms with E-state index in [0.29, 0.717) is 6.04 Å². The van der Waals surface area contributed by atoms with Gasteiger partial charge in [-0.3, -0.25) is 0 Å². The monoisotopic (exact) mass is 237 g/mol. The van der Waals surface area contributed by atoms with Gasteiger partial charge in [-0.05, 0) is 44.4 Å². The first-order valence-corrected chi connectivity index (χ1v) is 7.45. The van der Waals surface area contributed by atoms with E-state index >= 15 is 0 Å². The molecule has 100 valence electrons. The zero-order chi connectivity index (χ0) is 13.0. The summed E-state index contributed by atoms with van der Waals surface area (Å²) in [4.78, 5) is 2.64. The van der Waals surface area contributed by atoms with E-state index in [2.05, 4.69) is 52.5 Å². The average Bonchev–Trinajstić information content (AvgIpc) is 2.25. The molecule has 1 aliphatic carbocycles. The van der Waals surface area contributed by atoms with Crippen molar-refractivity contribution in [2.75, 3.05) is 6.54 Å². The fourth-order valence-corrected chi connectivity index (χ4v) is 2.88. The first-order chi connectivity index (χ1) is 7.97. The zero-order valence-corrected chi connectivity index (χ0v) is 12.7. The van der Waals surface area contributed by atoms with Crippen LogP contribution in [0.1, 0.15) is 60.8 Å². The molecule has 0 heterocycles. The zero-order valence-electron chi connectivity index (χ0n) is 12.7. The van der Waals surface area contributed by atoms with Crippen LogP contribution in [0.25, 0.3) is 0 Å². The molecule has 0 amide bonds. The average molecular weight is 237 g/mol. The minimum Gasteiger partial charge on any atom is -0.372 e. The molecule has 1 rings (SSSR count). The lowest BCUT2D eigenvalue weighted by Gasteiger charge is -2.39. The first-order valence-electron chi connectivity index (χ1n) is 7.45. The van der Waals surface area contributed by atoms with Crippen LogP contribution in [0.5, 0.6) is 0 Å². The van der Waals surface area contributed by atoms with Crippen molar-refractivity contribution in [1.82, 2.24) is 4.90 Å². The van der Waals surface area contributed by atoms with Crippen LogP contribution >= 0.6 is 0 Å². The summed E-state index contributed by atoms with van der Waals surface area (Å²) in [6, 6.07) is 0.635. The Balaban J connectivity index is 2.81. The lowest BCUT2D eigenvalue weighted by Crippen LogP contribution is -2.36. The molecule has 0 aromatic rings. The van der Waals surface area contributed by atoms with Gasteiger partial charge in [0.25, 0.3) is 0 Å². The van der Waals surface area contributed by atoms with Gasteiger partial charge >= 0.3 is 0 Å². The highest BCUT2D eigenvalue weighted by atomic mass is 15.2. The maximum atomic E-state index is 2.64. The van der Waals surface area contributed by atoms with E-state index in [1.165, 1.54) is 25.8 Å². The molecule has 0 bridgehead atoms. The summed E-state index contributed by atoms with van der Waals surface area (Å²) >= 11 is 0. The van der Waals surface area contributed by atoms with Crippen molar-refractivity contribution < 1.29 is 0 Å². The molecule has 0 saturated carbocycles. The Morgan fingerprint density at radius 3 is 2.47 bits per heavy atom. The smallest absolute Gasteiger partial charge is 0.0230 e. The highest BCUT2D eigenvalue weighted by Crippen LogP contribution is 2.35. The molecule has 0 aromatic carbocycles. The molecule has 3 atom stereocenters. The molecule has 17 heavy (non-hydrogen) atoms. The SMILES string of the molecule is CCCCN(C1=CC(C)C(C)CC1C)C(C)C. The van der Waals surface area contributed by atoms with E-state index in [9.17, 15) is 0 Å². The van der Waals surface area contributed by atoms with Crippen LogP contribution in [0.4, 0.5) is 0 Å². The summed E-state index contributed by atoms with van der Waals surface area (Å²) in [6.07, 6.45) is 6.49. The van der Waals surface area contributed by atoms with Gasteiger partial charge in [0.2, 0.25) is 0 Å². The topological polar surface area (TPSA) is 3.24 Å². The van der Waals surface area contributed by atoms with Gasteiger partial charge in [-0.25, -0.2) is 0 Å². The van der Waals surface area contributed by atoms with Gasteiger partial charge in [0.05, 0.1) is 0 Å². The molecular formula is C16H31N. The number of hydrogen-bond donors (Lipinski definition) is 0. The second kappa shape index (κ2) is 6.47. The molecule has 1 heteroatoms. The minimum absolute atomic E-state index is 0.635. The van der Waals surface area contributed by atoms with Gasteiger partial charge in [-0.2, -0.15) is 0 Å². The Kier molecular flexibility index (Phi) is 5.55. The Morgan fingerprint density at radius 2 is 1.94 bits per heavy atom. The number of nitrogens with zero attached hydrogens (tertiary/aromatic N) is 1. The molecular weight excluding hydrogens is 206 g/mol. The van der Waals surface area contributed by atoms with Crippen molar-refractivity contribution in [2.24, 2.45) is 17.8 Å². The van der Waals surface area contributed by atoms with Gasteiger partial charge in [0.1, 0.15) is 0 Å². The van der Waals surface area contributed by atoms with E-state index in [1.54, 1.807) is 5.70 Å². The summed E-state index contributed by atoms with van der Waals surface area (Å²) in [5, 5.41) is 0. The van der Waals surface area contributed by atoms with E-state index in [4.69, 9.17) is 0 Å². The van der Waals surface area contributed by atoms with Crippen molar-refractivity contribution in [2.45, 2.75) is 66.8 Å². The van der Waals surface area contributed by atoms with Crippen LogP contribution in [0.15, 0.2) is 11.8 Å². The first kappa shape index (κ1) is 14.6. The largest absolute Gasteiger partial charge is 0.372 e. The Bertz CT molecular complexity index is 254. The van der Waals surface area contributed by atoms with E-state index in [1.807, 2.05) is 0 Å². The summed E-state index contributed by atoms with van der Waals surface area (Å²) in [5.74, 6) is 2.32. The lowest BCUT2D eigenvalue weighted by molar-refractivity contribution is 0.214. The molecule has 0 fully saturated rings. The normalized spacial score (nSPS) is 29.4. The maximum absolute atomic E-state index is 2.64. The standard InChI is InChI=1S/C16H31N/c1-7-8-9-17(12(2)3)16-11-14(5)13(4)10-15(16)6/h11-15H,7-10H2,1-6H3.